The highest BCUT2D eigenvalue weighted by Crippen LogP contribution is 2.45. The van der Waals surface area contributed by atoms with Crippen molar-refractivity contribution in [2.75, 3.05) is 17.6 Å². The molecule has 1 aromatic heterocycles. The number of aromatic nitrogens is 2. The number of anilines is 1. The Balaban J connectivity index is 0.940. The molecule has 2 aliphatic heterocycles. The van der Waals surface area contributed by atoms with Gasteiger partial charge >= 0.3 is 5.97 Å². The van der Waals surface area contributed by atoms with E-state index in [9.17, 15) is 14.4 Å². The second kappa shape index (κ2) is 16.0. The lowest BCUT2D eigenvalue weighted by atomic mass is 9.77. The molecule has 9 nitrogen and oxygen atoms in total. The van der Waals surface area contributed by atoms with Gasteiger partial charge in [-0.3, -0.25) is 14.4 Å². The third-order valence-corrected chi connectivity index (χ3v) is 12.6. The van der Waals surface area contributed by atoms with E-state index < -0.39 is 29.1 Å². The molecule has 0 spiro atoms. The molecule has 8 rings (SSSR count). The van der Waals surface area contributed by atoms with E-state index >= 15 is 0 Å². The SMILES string of the molecule is C=CC1(C(=O)OC(c2ccccc2)c2ccccc2)CS[C@@H]2C(NC(=O)Cc3nsc(NC(c4ccccc4)(c4ccccc4)c4ccccc4)n3)C(=O)N2C1. The molecule has 2 N–H and O–H groups in total. The average Bonchev–Trinajstić information content (AvgIpc) is 3.71. The summed E-state index contributed by atoms with van der Waals surface area (Å²) in [5, 5.41) is 6.83. The summed E-state index contributed by atoms with van der Waals surface area (Å²) in [6.07, 6.45) is 0.870. The van der Waals surface area contributed by atoms with E-state index in [1.54, 1.807) is 11.0 Å². The summed E-state index contributed by atoms with van der Waals surface area (Å²) < 4.78 is 10.7. The largest absolute Gasteiger partial charge is 0.452 e. The van der Waals surface area contributed by atoms with Crippen LogP contribution < -0.4 is 10.6 Å². The minimum atomic E-state index is -1.12. The Morgan fingerprint density at radius 3 is 1.82 bits per heavy atom. The zero-order valence-corrected chi connectivity index (χ0v) is 32.0. The van der Waals surface area contributed by atoms with Crippen molar-refractivity contribution >= 4 is 46.2 Å². The van der Waals surface area contributed by atoms with Crippen LogP contribution >= 0.6 is 23.3 Å². The summed E-state index contributed by atoms with van der Waals surface area (Å²) in [6, 6.07) is 49.0. The average molecular weight is 778 g/mol. The van der Waals surface area contributed by atoms with Gasteiger partial charge in [-0.15, -0.1) is 18.3 Å². The van der Waals surface area contributed by atoms with Gasteiger partial charge in [0.15, 0.2) is 11.9 Å². The summed E-state index contributed by atoms with van der Waals surface area (Å²) in [6.45, 7) is 4.10. The highest BCUT2D eigenvalue weighted by molar-refractivity contribution is 8.00. The summed E-state index contributed by atoms with van der Waals surface area (Å²) in [5.41, 5.74) is 2.84. The number of thioether (sulfide) groups is 1. The number of β-lactam (4-membered cyclic amide) rings is 1. The molecular weight excluding hydrogens is 739 g/mol. The summed E-state index contributed by atoms with van der Waals surface area (Å²) >= 11 is 2.62. The van der Waals surface area contributed by atoms with Crippen LogP contribution in [0, 0.1) is 5.41 Å². The van der Waals surface area contributed by atoms with E-state index in [4.69, 9.17) is 9.72 Å². The summed E-state index contributed by atoms with van der Waals surface area (Å²) in [4.78, 5) is 47.2. The molecule has 6 aromatic rings. The maximum Gasteiger partial charge on any atom is 0.319 e. The second-order valence-electron chi connectivity index (χ2n) is 13.8. The number of carbonyl (C=O) groups excluding carboxylic acids is 3. The van der Waals surface area contributed by atoms with Gasteiger partial charge in [-0.25, -0.2) is 4.98 Å². The lowest BCUT2D eigenvalue weighted by Crippen LogP contribution is -2.73. The molecular formula is C45H39N5O4S2. The molecule has 2 amide bonds. The van der Waals surface area contributed by atoms with Gasteiger partial charge in [0.2, 0.25) is 16.9 Å². The molecule has 2 unspecified atom stereocenters. The van der Waals surface area contributed by atoms with Crippen LogP contribution in [-0.2, 0) is 31.1 Å². The van der Waals surface area contributed by atoms with Crippen LogP contribution in [0.15, 0.2) is 164 Å². The van der Waals surface area contributed by atoms with Crippen molar-refractivity contribution in [3.05, 3.63) is 198 Å². The van der Waals surface area contributed by atoms with Crippen LogP contribution in [0.5, 0.6) is 0 Å². The van der Waals surface area contributed by atoms with Gasteiger partial charge in [0, 0.05) is 23.8 Å². The Labute approximate surface area is 334 Å². The number of nitrogens with zero attached hydrogens (tertiary/aromatic N) is 3. The van der Waals surface area contributed by atoms with Crippen molar-refractivity contribution < 1.29 is 19.1 Å². The predicted octanol–water partition coefficient (Wildman–Crippen LogP) is 7.39. The maximum absolute atomic E-state index is 14.0. The number of esters is 1. The minimum absolute atomic E-state index is 0.0996. The number of amides is 2. The smallest absolute Gasteiger partial charge is 0.319 e. The summed E-state index contributed by atoms with van der Waals surface area (Å²) in [5.74, 6) is -0.378. The molecule has 11 heteroatoms. The second-order valence-corrected chi connectivity index (χ2v) is 15.7. The zero-order valence-electron chi connectivity index (χ0n) is 30.4. The molecule has 3 heterocycles. The third-order valence-electron chi connectivity index (χ3n) is 10.4. The molecule has 3 atom stereocenters. The van der Waals surface area contributed by atoms with Crippen LogP contribution in [0.1, 0.15) is 39.7 Å². The molecule has 5 aromatic carbocycles. The van der Waals surface area contributed by atoms with Crippen LogP contribution in [0.3, 0.4) is 0 Å². The molecule has 0 radical (unpaired) electrons. The van der Waals surface area contributed by atoms with Crippen molar-refractivity contribution in [3.63, 3.8) is 0 Å². The highest BCUT2D eigenvalue weighted by atomic mass is 32.2. The molecule has 0 saturated carbocycles. The van der Waals surface area contributed by atoms with Crippen molar-refractivity contribution in [1.82, 2.24) is 19.6 Å². The van der Waals surface area contributed by atoms with Gasteiger partial charge in [-0.2, -0.15) is 4.37 Å². The minimum Gasteiger partial charge on any atom is -0.452 e. The predicted molar refractivity (Wildman–Crippen MR) is 220 cm³/mol. The number of ether oxygens (including phenoxy) is 1. The number of fused-ring (bicyclic) bond motifs is 1. The standard InChI is InChI=1S/C45H39N5O4S2/c1-2-44(42(53)54-39(31-18-8-3-9-19-31)32-20-10-4-11-21-32)29-50-40(52)38(41(50)55-30-44)47-37(51)28-36-46-43(56-49-36)48-45(33-22-12-5-13-23-33,34-24-14-6-15-25-34)35-26-16-7-17-27-35/h2-27,38-39,41H,1,28-30H2,(H,47,51)(H,46,48,49)/t38?,41-,44?/m1/s1. The van der Waals surface area contributed by atoms with Crippen LogP contribution in [-0.4, -0.2) is 55.8 Å². The van der Waals surface area contributed by atoms with Gasteiger partial charge in [0.25, 0.3) is 0 Å². The fourth-order valence-electron chi connectivity index (χ4n) is 7.42. The molecule has 2 saturated heterocycles. The third kappa shape index (κ3) is 7.11. The van der Waals surface area contributed by atoms with Gasteiger partial charge in [-0.1, -0.05) is 158 Å². The van der Waals surface area contributed by atoms with E-state index in [0.29, 0.717) is 16.7 Å². The quantitative estimate of drug-likeness (QED) is 0.0541. The molecule has 56 heavy (non-hydrogen) atoms. The van der Waals surface area contributed by atoms with E-state index in [-0.39, 0.29) is 30.2 Å². The van der Waals surface area contributed by atoms with Crippen LogP contribution in [0.2, 0.25) is 0 Å². The fraction of sp³-hybridized carbons (Fsp3) is 0.178. The first kappa shape index (κ1) is 36.9. The van der Waals surface area contributed by atoms with Crippen molar-refractivity contribution in [2.45, 2.75) is 29.5 Å². The van der Waals surface area contributed by atoms with Gasteiger partial charge in [-0.05, 0) is 27.8 Å². The number of hydrogen-bond acceptors (Lipinski definition) is 9. The Kier molecular flexibility index (Phi) is 10.5. The zero-order chi connectivity index (χ0) is 38.5. The normalized spacial score (nSPS) is 19.0. The Hall–Kier alpha value is -6.04. The highest BCUT2D eigenvalue weighted by Gasteiger charge is 2.57. The molecule has 280 valence electrons. The number of nitrogens with one attached hydrogen (secondary N) is 2. The van der Waals surface area contributed by atoms with E-state index in [0.717, 1.165) is 27.8 Å². The number of carbonyl (C=O) groups is 3. The Morgan fingerprint density at radius 1 is 0.821 bits per heavy atom. The maximum atomic E-state index is 14.0. The molecule has 0 bridgehead atoms. The van der Waals surface area contributed by atoms with E-state index in [2.05, 4.69) is 58.0 Å². The van der Waals surface area contributed by atoms with E-state index in [1.807, 2.05) is 115 Å². The Morgan fingerprint density at radius 2 is 1.32 bits per heavy atom. The lowest BCUT2D eigenvalue weighted by Gasteiger charge is -2.53. The van der Waals surface area contributed by atoms with Crippen molar-refractivity contribution in [3.8, 4) is 0 Å². The van der Waals surface area contributed by atoms with E-state index in [1.165, 1.54) is 23.3 Å². The molecule has 2 aliphatic rings. The fourth-order valence-corrected chi connectivity index (χ4v) is 9.59. The van der Waals surface area contributed by atoms with Crippen LogP contribution in [0.4, 0.5) is 5.13 Å². The van der Waals surface area contributed by atoms with Gasteiger partial charge in [0.1, 0.15) is 22.4 Å². The monoisotopic (exact) mass is 777 g/mol. The van der Waals surface area contributed by atoms with Crippen molar-refractivity contribution in [2.24, 2.45) is 5.41 Å². The number of rotatable bonds is 13. The lowest BCUT2D eigenvalue weighted by molar-refractivity contribution is -0.162. The number of benzene rings is 5. The number of hydrogen-bond donors (Lipinski definition) is 2. The first-order chi connectivity index (χ1) is 27.4. The van der Waals surface area contributed by atoms with Crippen molar-refractivity contribution in [1.29, 1.82) is 0 Å². The van der Waals surface area contributed by atoms with Gasteiger partial charge < -0.3 is 20.3 Å². The summed E-state index contributed by atoms with van der Waals surface area (Å²) in [7, 11) is 0. The van der Waals surface area contributed by atoms with Gasteiger partial charge in [0.05, 0.1) is 6.42 Å². The molecule has 2 fully saturated rings. The topological polar surface area (TPSA) is 114 Å². The first-order valence-electron chi connectivity index (χ1n) is 18.3. The first-order valence-corrected chi connectivity index (χ1v) is 20.2. The Bertz CT molecular complexity index is 2180. The molecule has 0 aliphatic carbocycles. The van der Waals surface area contributed by atoms with Crippen LogP contribution in [0.25, 0.3) is 0 Å².